The minimum Gasteiger partial charge on any atom is -0.490 e. The maximum atomic E-state index is 12.8. The van der Waals surface area contributed by atoms with Crippen molar-refractivity contribution in [2.45, 2.75) is 79.0 Å². The number of rotatable bonds is 8. The Kier molecular flexibility index (Phi) is 8.96. The first-order valence-electron chi connectivity index (χ1n) is 13.8. The van der Waals surface area contributed by atoms with Crippen LogP contribution in [0.3, 0.4) is 0 Å². The highest BCUT2D eigenvalue weighted by Crippen LogP contribution is 2.32. The normalized spacial score (nSPS) is 13.0. The summed E-state index contributed by atoms with van der Waals surface area (Å²) < 4.78 is 16.4. The molecule has 1 aromatic heterocycles. The van der Waals surface area contributed by atoms with Gasteiger partial charge in [0.2, 0.25) is 11.7 Å². The van der Waals surface area contributed by atoms with E-state index < -0.39 is 6.09 Å². The second kappa shape index (κ2) is 12.4. The van der Waals surface area contributed by atoms with Crippen LogP contribution in [0.5, 0.6) is 5.75 Å². The van der Waals surface area contributed by atoms with Gasteiger partial charge in [0, 0.05) is 36.2 Å². The Morgan fingerprint density at radius 2 is 2.00 bits per heavy atom. The molecule has 10 heteroatoms. The second-order valence-electron chi connectivity index (χ2n) is 11.5. The van der Waals surface area contributed by atoms with E-state index >= 15 is 0 Å². The first-order valence-corrected chi connectivity index (χ1v) is 13.8. The van der Waals surface area contributed by atoms with Crippen LogP contribution in [0.15, 0.2) is 34.9 Å². The molecular weight excluding hydrogens is 522 g/mol. The van der Waals surface area contributed by atoms with Crippen molar-refractivity contribution in [1.82, 2.24) is 20.4 Å². The van der Waals surface area contributed by atoms with E-state index in [1.165, 1.54) is 5.56 Å². The molecule has 2 amide bonds. The topological polar surface area (TPSA) is 131 Å². The zero-order chi connectivity index (χ0) is 29.7. The van der Waals surface area contributed by atoms with E-state index in [1.54, 1.807) is 18.2 Å². The van der Waals surface area contributed by atoms with Crippen molar-refractivity contribution in [2.24, 2.45) is 0 Å². The van der Waals surface area contributed by atoms with Crippen molar-refractivity contribution in [3.8, 4) is 34.7 Å². The van der Waals surface area contributed by atoms with Gasteiger partial charge >= 0.3 is 6.09 Å². The molecule has 0 saturated carbocycles. The summed E-state index contributed by atoms with van der Waals surface area (Å²) in [6, 6.07) is 11.4. The molecule has 41 heavy (non-hydrogen) atoms. The molecule has 0 bridgehead atoms. The van der Waals surface area contributed by atoms with Crippen molar-refractivity contribution in [3.63, 3.8) is 0 Å². The zero-order valence-electron chi connectivity index (χ0n) is 24.5. The van der Waals surface area contributed by atoms with Gasteiger partial charge < -0.3 is 24.2 Å². The Hall–Kier alpha value is -4.39. The monoisotopic (exact) mass is 559 g/mol. The summed E-state index contributed by atoms with van der Waals surface area (Å²) in [7, 11) is 0. The molecule has 1 N–H and O–H groups in total. The molecule has 2 aromatic carbocycles. The van der Waals surface area contributed by atoms with Crippen LogP contribution in [0, 0.1) is 18.3 Å². The number of alkyl carbamates (subject to hydrolysis) is 1. The standard InChI is InChI=1S/C31H37N5O5/c1-19(2)40-26-12-10-21(16-23(26)17-32)29-33-28(35-41-29)25-11-9-22-18-36(14-13-24(22)20(25)3)27(37)8-7-15-39-30(38)34-31(4,5)6/h9-12,16,19H,7-8,13-15,18H2,1-6H3,(H,34,38). The van der Waals surface area contributed by atoms with Crippen LogP contribution in [0.25, 0.3) is 22.8 Å². The van der Waals surface area contributed by atoms with E-state index in [2.05, 4.69) is 21.5 Å². The number of carbonyl (C=O) groups excluding carboxylic acids is 2. The molecule has 0 unspecified atom stereocenters. The largest absolute Gasteiger partial charge is 0.490 e. The van der Waals surface area contributed by atoms with Gasteiger partial charge in [-0.1, -0.05) is 17.3 Å². The average molecular weight is 560 g/mol. The summed E-state index contributed by atoms with van der Waals surface area (Å²) in [5.74, 6) is 1.35. The molecular formula is C31H37N5O5. The van der Waals surface area contributed by atoms with Crippen molar-refractivity contribution in [1.29, 1.82) is 5.26 Å². The molecule has 1 aliphatic rings. The summed E-state index contributed by atoms with van der Waals surface area (Å²) in [5, 5.41) is 16.5. The summed E-state index contributed by atoms with van der Waals surface area (Å²) >= 11 is 0. The molecule has 3 aromatic rings. The molecule has 0 saturated heterocycles. The summed E-state index contributed by atoms with van der Waals surface area (Å²) in [6.45, 7) is 12.8. The van der Waals surface area contributed by atoms with Gasteiger partial charge in [0.1, 0.15) is 11.8 Å². The Balaban J connectivity index is 1.39. The molecule has 4 rings (SSSR count). The molecule has 0 atom stereocenters. The lowest BCUT2D eigenvalue weighted by molar-refractivity contribution is -0.132. The summed E-state index contributed by atoms with van der Waals surface area (Å²) in [4.78, 5) is 31.1. The Morgan fingerprint density at radius 3 is 2.71 bits per heavy atom. The van der Waals surface area contributed by atoms with Crippen molar-refractivity contribution in [3.05, 3.63) is 52.6 Å². The number of nitrogens with zero attached hydrogens (tertiary/aromatic N) is 4. The highest BCUT2D eigenvalue weighted by Gasteiger charge is 2.24. The zero-order valence-corrected chi connectivity index (χ0v) is 24.5. The van der Waals surface area contributed by atoms with E-state index in [9.17, 15) is 14.9 Å². The lowest BCUT2D eigenvalue weighted by atomic mass is 9.91. The van der Waals surface area contributed by atoms with Gasteiger partial charge in [0.05, 0.1) is 18.3 Å². The smallest absolute Gasteiger partial charge is 0.407 e. The van der Waals surface area contributed by atoms with Crippen LogP contribution >= 0.6 is 0 Å². The SMILES string of the molecule is Cc1c(-c2noc(-c3ccc(OC(C)C)c(C#N)c3)n2)ccc2c1CCN(C(=O)CCCOC(=O)NC(C)(C)C)C2. The molecule has 0 aliphatic carbocycles. The first-order chi connectivity index (χ1) is 19.4. The van der Waals surface area contributed by atoms with Crippen LogP contribution in [-0.4, -0.2) is 51.8 Å². The van der Waals surface area contributed by atoms with Gasteiger partial charge in [-0.3, -0.25) is 4.79 Å². The van der Waals surface area contributed by atoms with Crippen molar-refractivity contribution >= 4 is 12.0 Å². The number of ether oxygens (including phenoxy) is 2. The Labute approximate surface area is 240 Å². The number of fused-ring (bicyclic) bond motifs is 1. The minimum absolute atomic E-state index is 0.0431. The van der Waals surface area contributed by atoms with Crippen LogP contribution in [0.4, 0.5) is 4.79 Å². The third-order valence-electron chi connectivity index (χ3n) is 6.66. The number of nitriles is 1. The quantitative estimate of drug-likeness (QED) is 0.355. The lowest BCUT2D eigenvalue weighted by Crippen LogP contribution is -2.41. The third-order valence-corrected chi connectivity index (χ3v) is 6.66. The molecule has 216 valence electrons. The van der Waals surface area contributed by atoms with Crippen molar-refractivity contribution < 1.29 is 23.6 Å². The molecule has 1 aliphatic heterocycles. The minimum atomic E-state index is -0.474. The molecule has 10 nitrogen and oxygen atoms in total. The van der Waals surface area contributed by atoms with E-state index in [1.807, 2.05) is 58.6 Å². The maximum absolute atomic E-state index is 12.8. The molecule has 2 heterocycles. The van der Waals surface area contributed by atoms with Crippen molar-refractivity contribution in [2.75, 3.05) is 13.2 Å². The predicted octanol–water partition coefficient (Wildman–Crippen LogP) is 5.56. The van der Waals surface area contributed by atoms with Gasteiger partial charge in [0.25, 0.3) is 5.89 Å². The molecule has 0 spiro atoms. The molecule has 0 fully saturated rings. The fraction of sp³-hybridized carbons (Fsp3) is 0.452. The van der Waals surface area contributed by atoms with E-state index in [0.29, 0.717) is 54.5 Å². The third kappa shape index (κ3) is 7.42. The average Bonchev–Trinajstić information content (AvgIpc) is 3.40. The number of hydrogen-bond acceptors (Lipinski definition) is 8. The number of benzene rings is 2. The first kappa shape index (κ1) is 29.6. The van der Waals surface area contributed by atoms with E-state index in [4.69, 9.17) is 14.0 Å². The number of hydrogen-bond donors (Lipinski definition) is 1. The van der Waals surface area contributed by atoms with Gasteiger partial charge in [-0.05, 0) is 89.3 Å². The van der Waals surface area contributed by atoms with Crippen LogP contribution < -0.4 is 10.1 Å². The lowest BCUT2D eigenvalue weighted by Gasteiger charge is -2.30. The van der Waals surface area contributed by atoms with E-state index in [-0.39, 0.29) is 24.2 Å². The maximum Gasteiger partial charge on any atom is 0.407 e. The second-order valence-corrected chi connectivity index (χ2v) is 11.5. The number of aromatic nitrogens is 2. The summed E-state index contributed by atoms with van der Waals surface area (Å²) in [5.41, 5.74) is 4.87. The van der Waals surface area contributed by atoms with Gasteiger partial charge in [-0.25, -0.2) is 4.79 Å². The highest BCUT2D eigenvalue weighted by molar-refractivity contribution is 5.77. The fourth-order valence-electron chi connectivity index (χ4n) is 4.74. The Bertz CT molecular complexity index is 1460. The van der Waals surface area contributed by atoms with Gasteiger partial charge in [0.15, 0.2) is 0 Å². The van der Waals surface area contributed by atoms with Crippen LogP contribution in [-0.2, 0) is 22.5 Å². The van der Waals surface area contributed by atoms with Crippen LogP contribution in [0.2, 0.25) is 0 Å². The van der Waals surface area contributed by atoms with Crippen LogP contribution in [0.1, 0.15) is 69.7 Å². The summed E-state index contributed by atoms with van der Waals surface area (Å²) in [6.07, 6.45) is 0.990. The number of nitrogens with one attached hydrogen (secondary N) is 1. The highest BCUT2D eigenvalue weighted by atomic mass is 16.5. The van der Waals surface area contributed by atoms with E-state index in [0.717, 1.165) is 23.1 Å². The number of carbonyl (C=O) groups is 2. The predicted molar refractivity (Wildman–Crippen MR) is 153 cm³/mol. The van der Waals surface area contributed by atoms with Gasteiger partial charge in [-0.2, -0.15) is 10.2 Å². The molecule has 0 radical (unpaired) electrons. The fourth-order valence-corrected chi connectivity index (χ4v) is 4.74. The Morgan fingerprint density at radius 1 is 1.22 bits per heavy atom. The number of amides is 2. The van der Waals surface area contributed by atoms with Gasteiger partial charge in [-0.15, -0.1) is 0 Å².